The van der Waals surface area contributed by atoms with Gasteiger partial charge in [0.2, 0.25) is 10.0 Å². The van der Waals surface area contributed by atoms with Gasteiger partial charge in [0.25, 0.3) is 0 Å². The number of rotatable bonds is 9. The van der Waals surface area contributed by atoms with Crippen LogP contribution in [0.15, 0.2) is 39.9 Å². The molecule has 0 saturated heterocycles. The van der Waals surface area contributed by atoms with E-state index < -0.39 is 10.0 Å². The number of hydrogen-bond donors (Lipinski definition) is 0. The van der Waals surface area contributed by atoms with E-state index in [1.807, 2.05) is 37.6 Å². The lowest BCUT2D eigenvalue weighted by atomic mass is 10.2. The standard InChI is InChI=1S/C18H25NO3S2/c1-4-9-19(13-16-8-11-23-14-16)24(20,21)17-6-7-18(15(3)12-17)22-10-5-2/h6-8,11-12,14H,4-5,9-10,13H2,1-3H3. The zero-order valence-corrected chi connectivity index (χ0v) is 16.1. The van der Waals surface area contributed by atoms with E-state index >= 15 is 0 Å². The van der Waals surface area contributed by atoms with Crippen molar-refractivity contribution in [2.75, 3.05) is 13.2 Å². The summed E-state index contributed by atoms with van der Waals surface area (Å²) in [4.78, 5) is 0.326. The van der Waals surface area contributed by atoms with Gasteiger partial charge in [0.05, 0.1) is 11.5 Å². The van der Waals surface area contributed by atoms with Gasteiger partial charge < -0.3 is 4.74 Å². The molecule has 0 aliphatic rings. The predicted molar refractivity (Wildman–Crippen MR) is 99.2 cm³/mol. The van der Waals surface area contributed by atoms with Crippen molar-refractivity contribution in [1.29, 1.82) is 0 Å². The van der Waals surface area contributed by atoms with Crippen molar-refractivity contribution in [3.63, 3.8) is 0 Å². The van der Waals surface area contributed by atoms with E-state index in [0.29, 0.717) is 24.6 Å². The van der Waals surface area contributed by atoms with Gasteiger partial charge in [-0.05, 0) is 65.9 Å². The molecule has 2 aromatic rings. The lowest BCUT2D eigenvalue weighted by Gasteiger charge is -2.22. The van der Waals surface area contributed by atoms with Gasteiger partial charge in [0.1, 0.15) is 5.75 Å². The van der Waals surface area contributed by atoms with Crippen LogP contribution in [0.4, 0.5) is 0 Å². The summed E-state index contributed by atoms with van der Waals surface area (Å²) in [6, 6.07) is 7.07. The molecule has 0 N–H and O–H groups in total. The Morgan fingerprint density at radius 1 is 1.17 bits per heavy atom. The average Bonchev–Trinajstić information content (AvgIpc) is 3.06. The maximum absolute atomic E-state index is 13.0. The zero-order valence-electron chi connectivity index (χ0n) is 14.5. The van der Waals surface area contributed by atoms with Gasteiger partial charge in [-0.3, -0.25) is 0 Å². The van der Waals surface area contributed by atoms with Gasteiger partial charge in [-0.2, -0.15) is 15.6 Å². The second kappa shape index (κ2) is 8.65. The largest absolute Gasteiger partial charge is 0.493 e. The molecular weight excluding hydrogens is 342 g/mol. The van der Waals surface area contributed by atoms with Crippen molar-refractivity contribution in [3.8, 4) is 5.75 Å². The minimum atomic E-state index is -3.52. The van der Waals surface area contributed by atoms with Crippen molar-refractivity contribution in [3.05, 3.63) is 46.2 Å². The fourth-order valence-electron chi connectivity index (χ4n) is 2.43. The molecule has 0 fully saturated rings. The second-order valence-corrected chi connectivity index (χ2v) is 8.46. The van der Waals surface area contributed by atoms with Gasteiger partial charge in [-0.15, -0.1) is 0 Å². The van der Waals surface area contributed by atoms with Crippen LogP contribution in [0.1, 0.15) is 37.8 Å². The maximum Gasteiger partial charge on any atom is 0.243 e. The number of sulfonamides is 1. The first-order valence-corrected chi connectivity index (χ1v) is 10.6. The molecule has 1 aromatic heterocycles. The van der Waals surface area contributed by atoms with E-state index in [1.54, 1.807) is 33.8 Å². The van der Waals surface area contributed by atoms with E-state index in [9.17, 15) is 8.42 Å². The fraction of sp³-hybridized carbons (Fsp3) is 0.444. The minimum absolute atomic E-state index is 0.326. The van der Waals surface area contributed by atoms with Crippen LogP contribution in [0, 0.1) is 6.92 Å². The van der Waals surface area contributed by atoms with E-state index in [2.05, 4.69) is 0 Å². The third-order valence-electron chi connectivity index (χ3n) is 3.66. The van der Waals surface area contributed by atoms with Gasteiger partial charge in [-0.1, -0.05) is 13.8 Å². The molecule has 4 nitrogen and oxygen atoms in total. The number of aryl methyl sites for hydroxylation is 1. The van der Waals surface area contributed by atoms with Crippen molar-refractivity contribution in [2.24, 2.45) is 0 Å². The quantitative estimate of drug-likeness (QED) is 0.658. The normalized spacial score (nSPS) is 11.8. The van der Waals surface area contributed by atoms with Crippen molar-refractivity contribution in [2.45, 2.75) is 45.1 Å². The summed E-state index contributed by atoms with van der Waals surface area (Å²) in [6.45, 7) is 7.46. The Labute approximate surface area is 149 Å². The van der Waals surface area contributed by atoms with Crippen molar-refractivity contribution < 1.29 is 13.2 Å². The summed E-state index contributed by atoms with van der Waals surface area (Å²) >= 11 is 1.58. The molecule has 6 heteroatoms. The highest BCUT2D eigenvalue weighted by Crippen LogP contribution is 2.25. The number of hydrogen-bond acceptors (Lipinski definition) is 4. The van der Waals surface area contributed by atoms with Crippen LogP contribution in [0.3, 0.4) is 0 Å². The lowest BCUT2D eigenvalue weighted by molar-refractivity contribution is 0.315. The Bertz CT molecular complexity index is 740. The van der Waals surface area contributed by atoms with Gasteiger partial charge in [0, 0.05) is 13.1 Å². The molecule has 0 aliphatic carbocycles. The molecule has 2 rings (SSSR count). The van der Waals surface area contributed by atoms with E-state index in [4.69, 9.17) is 4.74 Å². The molecule has 1 heterocycles. The Balaban J connectivity index is 2.27. The van der Waals surface area contributed by atoms with E-state index in [0.717, 1.165) is 29.7 Å². The molecule has 0 unspecified atom stereocenters. The summed E-state index contributed by atoms with van der Waals surface area (Å²) < 4.78 is 33.2. The van der Waals surface area contributed by atoms with E-state index in [-0.39, 0.29) is 0 Å². The number of ether oxygens (including phenoxy) is 1. The maximum atomic E-state index is 13.0. The highest BCUT2D eigenvalue weighted by atomic mass is 32.2. The summed E-state index contributed by atoms with van der Waals surface area (Å²) in [5, 5.41) is 3.96. The van der Waals surface area contributed by atoms with Gasteiger partial charge >= 0.3 is 0 Å². The molecule has 0 atom stereocenters. The zero-order chi connectivity index (χ0) is 17.6. The number of benzene rings is 1. The minimum Gasteiger partial charge on any atom is -0.493 e. The third-order valence-corrected chi connectivity index (χ3v) is 6.23. The molecule has 0 bridgehead atoms. The van der Waals surface area contributed by atoms with Gasteiger partial charge in [0.15, 0.2) is 0 Å². The molecule has 0 spiro atoms. The SMILES string of the molecule is CCCOc1ccc(S(=O)(=O)N(CCC)Cc2ccsc2)cc1C. The van der Waals surface area contributed by atoms with Crippen LogP contribution < -0.4 is 4.74 Å². The van der Waals surface area contributed by atoms with Crippen LogP contribution in [0.25, 0.3) is 0 Å². The molecule has 0 amide bonds. The van der Waals surface area contributed by atoms with Crippen LogP contribution in [-0.4, -0.2) is 25.9 Å². The molecular formula is C18H25NO3S2. The molecule has 0 saturated carbocycles. The monoisotopic (exact) mass is 367 g/mol. The van der Waals surface area contributed by atoms with Gasteiger partial charge in [-0.25, -0.2) is 8.42 Å². The molecule has 0 radical (unpaired) electrons. The molecule has 0 aliphatic heterocycles. The Morgan fingerprint density at radius 2 is 1.96 bits per heavy atom. The summed E-state index contributed by atoms with van der Waals surface area (Å²) in [5.41, 5.74) is 1.87. The van der Waals surface area contributed by atoms with Crippen LogP contribution >= 0.6 is 11.3 Å². The Kier molecular flexibility index (Phi) is 6.83. The number of thiophene rings is 1. The fourth-order valence-corrected chi connectivity index (χ4v) is 4.69. The van der Waals surface area contributed by atoms with E-state index in [1.165, 1.54) is 0 Å². The summed E-state index contributed by atoms with van der Waals surface area (Å²) in [6.07, 6.45) is 1.70. The summed E-state index contributed by atoms with van der Waals surface area (Å²) in [7, 11) is -3.52. The predicted octanol–water partition coefficient (Wildman–Crippen LogP) is 4.45. The smallest absolute Gasteiger partial charge is 0.243 e. The topological polar surface area (TPSA) is 46.6 Å². The highest BCUT2D eigenvalue weighted by molar-refractivity contribution is 7.89. The molecule has 132 valence electrons. The Morgan fingerprint density at radius 3 is 2.54 bits per heavy atom. The van der Waals surface area contributed by atoms with Crippen LogP contribution in [0.2, 0.25) is 0 Å². The second-order valence-electron chi connectivity index (χ2n) is 5.75. The lowest BCUT2D eigenvalue weighted by Crippen LogP contribution is -2.31. The first-order chi connectivity index (χ1) is 11.5. The first kappa shape index (κ1) is 19.0. The summed E-state index contributed by atoms with van der Waals surface area (Å²) in [5.74, 6) is 0.746. The van der Waals surface area contributed by atoms with Crippen LogP contribution in [-0.2, 0) is 16.6 Å². The highest BCUT2D eigenvalue weighted by Gasteiger charge is 2.24. The molecule has 24 heavy (non-hydrogen) atoms. The third kappa shape index (κ3) is 4.59. The van der Waals surface area contributed by atoms with Crippen LogP contribution in [0.5, 0.6) is 5.75 Å². The van der Waals surface area contributed by atoms with Crippen molar-refractivity contribution in [1.82, 2.24) is 4.31 Å². The van der Waals surface area contributed by atoms with Crippen molar-refractivity contribution >= 4 is 21.4 Å². The Hall–Kier alpha value is -1.37. The number of nitrogens with zero attached hydrogens (tertiary/aromatic N) is 1. The molecule has 1 aromatic carbocycles. The average molecular weight is 368 g/mol. The first-order valence-electron chi connectivity index (χ1n) is 8.23.